The Morgan fingerprint density at radius 2 is 1.58 bits per heavy atom. The van der Waals surface area contributed by atoms with Crippen molar-refractivity contribution in [3.63, 3.8) is 0 Å². The van der Waals surface area contributed by atoms with E-state index in [-0.39, 0.29) is 0 Å². The van der Waals surface area contributed by atoms with Crippen molar-refractivity contribution in [1.29, 1.82) is 0 Å². The van der Waals surface area contributed by atoms with Crippen molar-refractivity contribution < 1.29 is 4.42 Å². The molecule has 1 nitrogen and oxygen atoms in total. The molecule has 120 valence electrons. The van der Waals surface area contributed by atoms with Gasteiger partial charge in [-0.3, -0.25) is 0 Å². The van der Waals surface area contributed by atoms with Crippen LogP contribution >= 0.6 is 15.9 Å². The topological polar surface area (TPSA) is 13.1 Å². The van der Waals surface area contributed by atoms with E-state index in [1.165, 1.54) is 46.4 Å². The van der Waals surface area contributed by atoms with Gasteiger partial charge in [0.2, 0.25) is 0 Å². The summed E-state index contributed by atoms with van der Waals surface area (Å²) in [7, 11) is 0. The molecule has 0 spiro atoms. The molecule has 1 aliphatic rings. The van der Waals surface area contributed by atoms with Gasteiger partial charge in [0.25, 0.3) is 0 Å². The summed E-state index contributed by atoms with van der Waals surface area (Å²) in [6, 6.07) is 21.5. The van der Waals surface area contributed by atoms with E-state index < -0.39 is 0 Å². The third-order valence-electron chi connectivity index (χ3n) is 4.72. The zero-order valence-electron chi connectivity index (χ0n) is 13.4. The van der Waals surface area contributed by atoms with Crippen molar-refractivity contribution in [2.24, 2.45) is 0 Å². The van der Waals surface area contributed by atoms with Crippen molar-refractivity contribution in [2.45, 2.75) is 24.1 Å². The molecule has 0 N–H and O–H groups in total. The highest BCUT2D eigenvalue weighted by molar-refractivity contribution is 9.09. The summed E-state index contributed by atoms with van der Waals surface area (Å²) in [6.45, 7) is 0. The standard InChI is InChI=1S/C18H15Br.C4H4O/c19-18-7-3-6-14-16-9-8-12-4-1-2-5-13(12)15(16)10-11-17(14)18;1-2-4-5-3-1/h1-2,4-5,8-11,18H,3,6-7H2;1-4H. The van der Waals surface area contributed by atoms with Gasteiger partial charge in [0, 0.05) is 4.83 Å². The van der Waals surface area contributed by atoms with E-state index in [0.717, 1.165) is 0 Å². The molecule has 0 amide bonds. The van der Waals surface area contributed by atoms with Gasteiger partial charge in [-0.15, -0.1) is 0 Å². The zero-order chi connectivity index (χ0) is 16.4. The van der Waals surface area contributed by atoms with Gasteiger partial charge in [0.15, 0.2) is 0 Å². The summed E-state index contributed by atoms with van der Waals surface area (Å²) < 4.78 is 4.58. The van der Waals surface area contributed by atoms with Gasteiger partial charge in [0.1, 0.15) is 0 Å². The molecule has 2 heteroatoms. The quantitative estimate of drug-likeness (QED) is 0.236. The minimum atomic E-state index is 0.534. The number of fused-ring (bicyclic) bond motifs is 5. The first-order valence-electron chi connectivity index (χ1n) is 8.39. The molecule has 24 heavy (non-hydrogen) atoms. The zero-order valence-corrected chi connectivity index (χ0v) is 15.0. The molecule has 0 saturated heterocycles. The van der Waals surface area contributed by atoms with Crippen LogP contribution in [-0.2, 0) is 6.42 Å². The molecule has 0 fully saturated rings. The number of hydrogen-bond donors (Lipinski definition) is 0. The van der Waals surface area contributed by atoms with Crippen LogP contribution in [-0.4, -0.2) is 0 Å². The number of furan rings is 1. The second-order valence-electron chi connectivity index (χ2n) is 6.17. The van der Waals surface area contributed by atoms with Gasteiger partial charge in [0.05, 0.1) is 12.5 Å². The van der Waals surface area contributed by atoms with E-state index in [1.807, 2.05) is 12.1 Å². The molecule has 1 heterocycles. The maximum Gasteiger partial charge on any atom is 0.0902 e. The second kappa shape index (κ2) is 6.82. The Hall–Kier alpha value is -2.06. The van der Waals surface area contributed by atoms with Crippen molar-refractivity contribution >= 4 is 37.5 Å². The molecule has 1 unspecified atom stereocenters. The molecular formula is C22H19BrO. The Labute approximate surface area is 150 Å². The lowest BCUT2D eigenvalue weighted by Gasteiger charge is -2.23. The third kappa shape index (κ3) is 2.87. The van der Waals surface area contributed by atoms with E-state index in [1.54, 1.807) is 18.1 Å². The lowest BCUT2D eigenvalue weighted by molar-refractivity contribution is 0.567. The average Bonchev–Trinajstić information content (AvgIpc) is 3.21. The molecule has 1 atom stereocenters. The van der Waals surface area contributed by atoms with Gasteiger partial charge in [-0.1, -0.05) is 64.5 Å². The smallest absolute Gasteiger partial charge is 0.0902 e. The first kappa shape index (κ1) is 15.5. The van der Waals surface area contributed by atoms with Gasteiger partial charge >= 0.3 is 0 Å². The molecule has 0 bridgehead atoms. The molecular weight excluding hydrogens is 360 g/mol. The summed E-state index contributed by atoms with van der Waals surface area (Å²) in [5.74, 6) is 0. The summed E-state index contributed by atoms with van der Waals surface area (Å²) in [6.07, 6.45) is 7.01. The van der Waals surface area contributed by atoms with Gasteiger partial charge in [-0.2, -0.15) is 0 Å². The largest absolute Gasteiger partial charge is 0.473 e. The van der Waals surface area contributed by atoms with E-state index in [0.29, 0.717) is 4.83 Å². The highest BCUT2D eigenvalue weighted by Gasteiger charge is 2.19. The summed E-state index contributed by atoms with van der Waals surface area (Å²) >= 11 is 3.82. The third-order valence-corrected chi connectivity index (χ3v) is 5.67. The fraction of sp³-hybridized carbons (Fsp3) is 0.182. The van der Waals surface area contributed by atoms with E-state index >= 15 is 0 Å². The van der Waals surface area contributed by atoms with E-state index in [4.69, 9.17) is 0 Å². The van der Waals surface area contributed by atoms with Crippen molar-refractivity contribution in [2.75, 3.05) is 0 Å². The Kier molecular flexibility index (Phi) is 4.40. The highest BCUT2D eigenvalue weighted by Crippen LogP contribution is 2.40. The highest BCUT2D eigenvalue weighted by atomic mass is 79.9. The SMILES string of the molecule is BrC1CCCc2c1ccc1c2ccc2ccccc21.c1ccoc1. The predicted molar refractivity (Wildman–Crippen MR) is 105 cm³/mol. The fourth-order valence-corrected chi connectivity index (χ4v) is 4.33. The number of halogens is 1. The van der Waals surface area contributed by atoms with Crippen LogP contribution in [0.25, 0.3) is 21.5 Å². The van der Waals surface area contributed by atoms with Gasteiger partial charge in [-0.25, -0.2) is 0 Å². The maximum absolute atomic E-state index is 4.58. The summed E-state index contributed by atoms with van der Waals surface area (Å²) in [4.78, 5) is 0.534. The molecule has 0 radical (unpaired) electrons. The monoisotopic (exact) mass is 378 g/mol. The van der Waals surface area contributed by atoms with Crippen LogP contribution in [0.4, 0.5) is 0 Å². The van der Waals surface area contributed by atoms with E-state index in [9.17, 15) is 0 Å². The number of rotatable bonds is 0. The molecule has 0 aliphatic heterocycles. The Bertz CT molecular complexity index is 939. The first-order valence-corrected chi connectivity index (χ1v) is 9.30. The van der Waals surface area contributed by atoms with Crippen LogP contribution < -0.4 is 0 Å². The Morgan fingerprint density at radius 3 is 2.38 bits per heavy atom. The summed E-state index contributed by atoms with van der Waals surface area (Å²) in [5, 5.41) is 5.56. The van der Waals surface area contributed by atoms with Crippen LogP contribution in [0.3, 0.4) is 0 Å². The van der Waals surface area contributed by atoms with Gasteiger partial charge in [-0.05, 0) is 64.1 Å². The number of aryl methyl sites for hydroxylation is 1. The minimum absolute atomic E-state index is 0.534. The molecule has 4 aromatic rings. The van der Waals surface area contributed by atoms with Crippen LogP contribution in [0.1, 0.15) is 28.8 Å². The van der Waals surface area contributed by atoms with Crippen molar-refractivity contribution in [3.05, 3.63) is 84.3 Å². The number of benzene rings is 3. The average molecular weight is 379 g/mol. The Balaban J connectivity index is 0.000000252. The Morgan fingerprint density at radius 1 is 0.792 bits per heavy atom. The van der Waals surface area contributed by atoms with Gasteiger partial charge < -0.3 is 4.42 Å². The van der Waals surface area contributed by atoms with Crippen LogP contribution in [0.15, 0.2) is 77.6 Å². The molecule has 0 saturated carbocycles. The number of alkyl halides is 1. The van der Waals surface area contributed by atoms with Crippen LogP contribution in [0, 0.1) is 0 Å². The van der Waals surface area contributed by atoms with Crippen LogP contribution in [0.2, 0.25) is 0 Å². The number of hydrogen-bond acceptors (Lipinski definition) is 1. The minimum Gasteiger partial charge on any atom is -0.473 e. The lowest BCUT2D eigenvalue weighted by Crippen LogP contribution is -2.05. The first-order chi connectivity index (χ1) is 11.8. The lowest BCUT2D eigenvalue weighted by atomic mass is 9.86. The molecule has 1 aliphatic carbocycles. The van der Waals surface area contributed by atoms with E-state index in [2.05, 4.69) is 68.9 Å². The van der Waals surface area contributed by atoms with Crippen molar-refractivity contribution in [1.82, 2.24) is 0 Å². The second-order valence-corrected chi connectivity index (χ2v) is 7.27. The summed E-state index contributed by atoms with van der Waals surface area (Å²) in [5.41, 5.74) is 3.05. The molecule has 5 rings (SSSR count). The van der Waals surface area contributed by atoms with Crippen molar-refractivity contribution in [3.8, 4) is 0 Å². The maximum atomic E-state index is 4.58. The predicted octanol–water partition coefficient (Wildman–Crippen LogP) is 7.04. The fourth-order valence-electron chi connectivity index (χ4n) is 3.58. The molecule has 3 aromatic carbocycles. The molecule has 1 aromatic heterocycles. The normalized spacial score (nSPS) is 16.5. The van der Waals surface area contributed by atoms with Crippen LogP contribution in [0.5, 0.6) is 0 Å².